The number of nitrogens with one attached hydrogen (secondary N) is 1. The predicted molar refractivity (Wildman–Crippen MR) is 98.1 cm³/mol. The highest BCUT2D eigenvalue weighted by Crippen LogP contribution is 2.17. The minimum atomic E-state index is -3.64. The van der Waals surface area contributed by atoms with Gasteiger partial charge < -0.3 is 16.0 Å². The van der Waals surface area contributed by atoms with Crippen molar-refractivity contribution in [2.24, 2.45) is 5.73 Å². The van der Waals surface area contributed by atoms with Crippen LogP contribution in [0.3, 0.4) is 0 Å². The van der Waals surface area contributed by atoms with Crippen LogP contribution in [0.4, 0.5) is 0 Å². The number of hydrogen-bond acceptors (Lipinski definition) is 5. The summed E-state index contributed by atoms with van der Waals surface area (Å²) in [5.74, 6) is -0.684. The first-order valence-electron chi connectivity index (χ1n) is 8.71. The van der Waals surface area contributed by atoms with Crippen molar-refractivity contribution < 1.29 is 18.0 Å². The molecule has 3 N–H and O–H groups in total. The van der Waals surface area contributed by atoms with Crippen molar-refractivity contribution in [3.63, 3.8) is 0 Å². The van der Waals surface area contributed by atoms with Gasteiger partial charge in [-0.25, -0.2) is 8.42 Å². The fourth-order valence-electron chi connectivity index (χ4n) is 2.89. The van der Waals surface area contributed by atoms with E-state index in [0.717, 1.165) is 6.42 Å². The van der Waals surface area contributed by atoms with Gasteiger partial charge >= 0.3 is 0 Å². The lowest BCUT2D eigenvalue weighted by atomic mass is 10.2. The van der Waals surface area contributed by atoms with Gasteiger partial charge in [0.15, 0.2) is 0 Å². The Labute approximate surface area is 154 Å². The molecule has 1 aromatic rings. The van der Waals surface area contributed by atoms with Gasteiger partial charge in [-0.3, -0.25) is 9.59 Å². The van der Waals surface area contributed by atoms with Crippen molar-refractivity contribution in [1.82, 2.24) is 14.5 Å². The van der Waals surface area contributed by atoms with Gasteiger partial charge in [0.2, 0.25) is 15.9 Å². The fraction of sp³-hybridized carbons (Fsp3) is 0.529. The van der Waals surface area contributed by atoms with Crippen molar-refractivity contribution in [3.05, 3.63) is 29.8 Å². The van der Waals surface area contributed by atoms with Crippen molar-refractivity contribution >= 4 is 21.8 Å². The quantitative estimate of drug-likeness (QED) is 0.690. The van der Waals surface area contributed by atoms with E-state index in [1.54, 1.807) is 18.7 Å². The Morgan fingerprint density at radius 1 is 1.31 bits per heavy atom. The van der Waals surface area contributed by atoms with Crippen molar-refractivity contribution in [3.8, 4) is 0 Å². The molecule has 0 aromatic heterocycles. The van der Waals surface area contributed by atoms with Crippen molar-refractivity contribution in [2.75, 3.05) is 32.7 Å². The van der Waals surface area contributed by atoms with E-state index in [0.29, 0.717) is 26.2 Å². The summed E-state index contributed by atoms with van der Waals surface area (Å²) in [6.07, 6.45) is 0.755. The largest absolute Gasteiger partial charge is 0.343 e. The molecule has 0 radical (unpaired) electrons. The highest BCUT2D eigenvalue weighted by molar-refractivity contribution is 7.89. The lowest BCUT2D eigenvalue weighted by Gasteiger charge is -2.19. The lowest BCUT2D eigenvalue weighted by molar-refractivity contribution is -0.129. The van der Waals surface area contributed by atoms with Crippen LogP contribution < -0.4 is 11.1 Å². The van der Waals surface area contributed by atoms with Gasteiger partial charge in [-0.15, -0.1) is 0 Å². The third-order valence-corrected chi connectivity index (χ3v) is 6.46. The molecule has 1 fully saturated rings. The normalized spacial score (nSPS) is 17.5. The van der Waals surface area contributed by atoms with Gasteiger partial charge in [-0.05, 0) is 24.6 Å². The molecule has 1 heterocycles. The van der Waals surface area contributed by atoms with Gasteiger partial charge in [-0.1, -0.05) is 19.9 Å². The zero-order chi connectivity index (χ0) is 19.3. The molecule has 0 aliphatic carbocycles. The van der Waals surface area contributed by atoms with Gasteiger partial charge in [0.25, 0.3) is 5.91 Å². The number of carbonyl (C=O) groups is 2. The Balaban J connectivity index is 2.05. The number of nitrogens with zero attached hydrogens (tertiary/aromatic N) is 2. The maximum Gasteiger partial charge on any atom is 0.251 e. The molecule has 1 saturated heterocycles. The molecular formula is C17H26N4O4S. The Morgan fingerprint density at radius 3 is 2.58 bits per heavy atom. The number of likely N-dealkylation sites (tertiary alicyclic amines) is 1. The standard InChI is InChI=1S/C17H26N4O4S/c1-3-21(4-2)26(24,25)15-7-5-6-13(10-15)17(23)19-11-16(22)20-9-8-14(18)12-20/h5-7,10,14H,3-4,8-9,11-12,18H2,1-2H3,(H,19,23)/t14-/m1/s1. The Hall–Kier alpha value is -1.97. The Kier molecular flexibility index (Phi) is 6.74. The second-order valence-corrected chi connectivity index (χ2v) is 8.13. The van der Waals surface area contributed by atoms with Crippen LogP contribution in [0.15, 0.2) is 29.2 Å². The highest BCUT2D eigenvalue weighted by Gasteiger charge is 2.25. The van der Waals surface area contributed by atoms with E-state index in [2.05, 4.69) is 5.32 Å². The average Bonchev–Trinajstić information content (AvgIpc) is 3.07. The number of amides is 2. The van der Waals surface area contributed by atoms with Crippen molar-refractivity contribution in [1.29, 1.82) is 0 Å². The zero-order valence-electron chi connectivity index (χ0n) is 15.1. The number of carbonyl (C=O) groups excluding carboxylic acids is 2. The molecule has 2 rings (SSSR count). The number of nitrogens with two attached hydrogens (primary N) is 1. The molecule has 1 atom stereocenters. The number of benzene rings is 1. The first-order chi connectivity index (χ1) is 12.3. The maximum absolute atomic E-state index is 12.6. The number of rotatable bonds is 7. The molecule has 1 aliphatic rings. The molecule has 0 spiro atoms. The van der Waals surface area contributed by atoms with Gasteiger partial charge in [0.1, 0.15) is 0 Å². The maximum atomic E-state index is 12.6. The molecule has 0 saturated carbocycles. The summed E-state index contributed by atoms with van der Waals surface area (Å²) < 4.78 is 26.4. The third kappa shape index (κ3) is 4.60. The van der Waals surface area contributed by atoms with Crippen LogP contribution in [0.2, 0.25) is 0 Å². The molecule has 1 aliphatic heterocycles. The lowest BCUT2D eigenvalue weighted by Crippen LogP contribution is -2.40. The first kappa shape index (κ1) is 20.3. The average molecular weight is 382 g/mol. The molecule has 0 unspecified atom stereocenters. The Bertz CT molecular complexity index is 762. The monoisotopic (exact) mass is 382 g/mol. The second-order valence-electron chi connectivity index (χ2n) is 6.19. The SMILES string of the molecule is CCN(CC)S(=O)(=O)c1cccc(C(=O)NCC(=O)N2CC[C@@H](N)C2)c1. The van der Waals surface area contributed by atoms with Crippen LogP contribution in [-0.2, 0) is 14.8 Å². The first-order valence-corrected chi connectivity index (χ1v) is 10.1. The molecular weight excluding hydrogens is 356 g/mol. The van der Waals surface area contributed by atoms with Crippen LogP contribution >= 0.6 is 0 Å². The number of sulfonamides is 1. The zero-order valence-corrected chi connectivity index (χ0v) is 16.0. The Morgan fingerprint density at radius 2 is 2.00 bits per heavy atom. The molecule has 26 heavy (non-hydrogen) atoms. The minimum Gasteiger partial charge on any atom is -0.343 e. The number of hydrogen-bond donors (Lipinski definition) is 2. The van der Waals surface area contributed by atoms with E-state index in [9.17, 15) is 18.0 Å². The summed E-state index contributed by atoms with van der Waals surface area (Å²) in [4.78, 5) is 26.1. The summed E-state index contributed by atoms with van der Waals surface area (Å²) in [7, 11) is -3.64. The molecule has 144 valence electrons. The molecule has 1 aromatic carbocycles. The summed E-state index contributed by atoms with van der Waals surface area (Å²) in [6.45, 7) is 5.16. The highest BCUT2D eigenvalue weighted by atomic mass is 32.2. The summed E-state index contributed by atoms with van der Waals surface area (Å²) in [5.41, 5.74) is 5.97. The van der Waals surface area contributed by atoms with Gasteiger partial charge in [0.05, 0.1) is 11.4 Å². The van der Waals surface area contributed by atoms with E-state index in [-0.39, 0.29) is 29.0 Å². The van der Waals surface area contributed by atoms with Crippen LogP contribution in [0.1, 0.15) is 30.6 Å². The smallest absolute Gasteiger partial charge is 0.251 e. The third-order valence-electron chi connectivity index (χ3n) is 4.42. The van der Waals surface area contributed by atoms with E-state index in [1.165, 1.54) is 28.6 Å². The molecule has 2 amide bonds. The summed E-state index contributed by atoms with van der Waals surface area (Å²) >= 11 is 0. The predicted octanol–water partition coefficient (Wildman–Crippen LogP) is 0.00650. The minimum absolute atomic E-state index is 0.0170. The summed E-state index contributed by atoms with van der Waals surface area (Å²) in [6, 6.07) is 5.82. The van der Waals surface area contributed by atoms with E-state index in [1.807, 2.05) is 0 Å². The van der Waals surface area contributed by atoms with E-state index >= 15 is 0 Å². The molecule has 0 bridgehead atoms. The van der Waals surface area contributed by atoms with Crippen LogP contribution in [0.25, 0.3) is 0 Å². The fourth-order valence-corrected chi connectivity index (χ4v) is 4.40. The second kappa shape index (κ2) is 8.61. The van der Waals surface area contributed by atoms with Gasteiger partial charge in [-0.2, -0.15) is 4.31 Å². The van der Waals surface area contributed by atoms with E-state index in [4.69, 9.17) is 5.73 Å². The van der Waals surface area contributed by atoms with E-state index < -0.39 is 15.9 Å². The molecule has 9 heteroatoms. The van der Waals surface area contributed by atoms with Crippen molar-refractivity contribution in [2.45, 2.75) is 31.2 Å². The summed E-state index contributed by atoms with van der Waals surface area (Å²) in [5, 5.41) is 2.55. The molecule has 8 nitrogen and oxygen atoms in total. The van der Waals surface area contributed by atoms with Crippen LogP contribution in [0.5, 0.6) is 0 Å². The topological polar surface area (TPSA) is 113 Å². The van der Waals surface area contributed by atoms with Crippen LogP contribution in [0, 0.1) is 0 Å². The van der Waals surface area contributed by atoms with Gasteiger partial charge in [0, 0.05) is 37.8 Å². The van der Waals surface area contributed by atoms with Crippen LogP contribution in [-0.4, -0.2) is 68.2 Å².